The third-order valence-corrected chi connectivity index (χ3v) is 3.81. The van der Waals surface area contributed by atoms with Gasteiger partial charge in [-0.3, -0.25) is 5.41 Å². The summed E-state index contributed by atoms with van der Waals surface area (Å²) in [7, 11) is 1.63. The van der Waals surface area contributed by atoms with Gasteiger partial charge in [0, 0.05) is 24.3 Å². The first-order valence-corrected chi connectivity index (χ1v) is 7.50. The molecule has 6 heteroatoms. The molecule has 0 aliphatic rings. The number of nitrogens with one attached hydrogen (secondary N) is 3. The summed E-state index contributed by atoms with van der Waals surface area (Å²) < 4.78 is 5.33. The van der Waals surface area contributed by atoms with E-state index in [4.69, 9.17) is 15.3 Å². The molecule has 0 spiro atoms. The van der Waals surface area contributed by atoms with Crippen molar-refractivity contribution in [3.05, 3.63) is 46.2 Å². The molecule has 0 bridgehead atoms. The Labute approximate surface area is 128 Å². The lowest BCUT2D eigenvalue weighted by molar-refractivity contribution is 0.291. The summed E-state index contributed by atoms with van der Waals surface area (Å²) in [5, 5.41) is 25.0. The van der Waals surface area contributed by atoms with E-state index < -0.39 is 0 Å². The Hall–Kier alpha value is -1.89. The Morgan fingerprint density at radius 3 is 2.90 bits per heavy atom. The average molecular weight is 305 g/mol. The molecule has 2 rings (SSSR count). The Morgan fingerprint density at radius 1 is 1.38 bits per heavy atom. The van der Waals surface area contributed by atoms with Crippen LogP contribution in [0.4, 0.5) is 5.69 Å². The molecule has 5 nitrogen and oxygen atoms in total. The molecule has 0 amide bonds. The largest absolute Gasteiger partial charge is 0.496 e. The van der Waals surface area contributed by atoms with Crippen molar-refractivity contribution in [1.29, 1.82) is 5.41 Å². The predicted octanol–water partition coefficient (Wildman–Crippen LogP) is 2.28. The zero-order chi connectivity index (χ0) is 15.1. The molecule has 0 saturated heterocycles. The molecule has 2 aromatic rings. The molecule has 0 saturated carbocycles. The molecule has 1 heterocycles. The van der Waals surface area contributed by atoms with Gasteiger partial charge in [0.05, 0.1) is 18.6 Å². The smallest absolute Gasteiger partial charge is 0.140 e. The number of ether oxygens (including phenoxy) is 1. The first-order valence-electron chi connectivity index (χ1n) is 6.62. The van der Waals surface area contributed by atoms with E-state index in [0.717, 1.165) is 21.9 Å². The Balaban J connectivity index is 2.09. The van der Waals surface area contributed by atoms with Crippen molar-refractivity contribution in [2.24, 2.45) is 0 Å². The molecule has 0 aliphatic heterocycles. The normalized spacial score (nSPS) is 10.4. The zero-order valence-corrected chi connectivity index (χ0v) is 12.7. The third kappa shape index (κ3) is 4.29. The van der Waals surface area contributed by atoms with E-state index in [-0.39, 0.29) is 6.61 Å². The fourth-order valence-electron chi connectivity index (χ4n) is 1.92. The van der Waals surface area contributed by atoms with Crippen LogP contribution in [0.2, 0.25) is 0 Å². The van der Waals surface area contributed by atoms with Crippen LogP contribution < -0.4 is 15.4 Å². The maximum atomic E-state index is 8.82. The number of aliphatic hydroxyl groups is 1. The van der Waals surface area contributed by atoms with E-state index >= 15 is 0 Å². The van der Waals surface area contributed by atoms with Crippen molar-refractivity contribution in [2.45, 2.75) is 6.54 Å². The van der Waals surface area contributed by atoms with Gasteiger partial charge >= 0.3 is 0 Å². The number of anilines is 1. The summed E-state index contributed by atoms with van der Waals surface area (Å²) in [5.41, 5.74) is 1.82. The topological polar surface area (TPSA) is 77.4 Å². The molecule has 0 radical (unpaired) electrons. The van der Waals surface area contributed by atoms with Gasteiger partial charge in [-0.25, -0.2) is 0 Å². The molecule has 21 heavy (non-hydrogen) atoms. The highest BCUT2D eigenvalue weighted by atomic mass is 32.1. The number of hydrogen-bond acceptors (Lipinski definition) is 5. The van der Waals surface area contributed by atoms with Crippen molar-refractivity contribution in [3.8, 4) is 5.75 Å². The summed E-state index contributed by atoms with van der Waals surface area (Å²) in [6, 6.07) is 9.55. The first kappa shape index (κ1) is 15.5. The van der Waals surface area contributed by atoms with Gasteiger partial charge in [0.2, 0.25) is 0 Å². The molecule has 0 aliphatic carbocycles. The monoisotopic (exact) mass is 305 g/mol. The lowest BCUT2D eigenvalue weighted by Gasteiger charge is -2.13. The van der Waals surface area contributed by atoms with Gasteiger partial charge in [-0.05, 0) is 29.6 Å². The fraction of sp³-hybridized carbons (Fsp3) is 0.267. The summed E-state index contributed by atoms with van der Waals surface area (Å²) in [5.74, 6) is 1.16. The van der Waals surface area contributed by atoms with Crippen molar-refractivity contribution < 1.29 is 9.84 Å². The van der Waals surface area contributed by atoms with Crippen molar-refractivity contribution >= 4 is 22.9 Å². The predicted molar refractivity (Wildman–Crippen MR) is 86.6 cm³/mol. The fourth-order valence-corrected chi connectivity index (χ4v) is 2.55. The zero-order valence-electron chi connectivity index (χ0n) is 11.8. The maximum Gasteiger partial charge on any atom is 0.140 e. The molecule has 0 unspecified atom stereocenters. The second kappa shape index (κ2) is 7.78. The van der Waals surface area contributed by atoms with Crippen molar-refractivity contribution in [1.82, 2.24) is 5.32 Å². The second-order valence-corrected chi connectivity index (χ2v) is 5.35. The quantitative estimate of drug-likeness (QED) is 0.359. The number of amidine groups is 1. The molecular weight excluding hydrogens is 286 g/mol. The highest BCUT2D eigenvalue weighted by molar-refractivity contribution is 7.12. The van der Waals surface area contributed by atoms with Crippen LogP contribution >= 0.6 is 11.3 Å². The Kier molecular flexibility index (Phi) is 5.74. The van der Waals surface area contributed by atoms with E-state index in [1.165, 1.54) is 11.3 Å². The number of aliphatic hydroxyl groups excluding tert-OH is 1. The van der Waals surface area contributed by atoms with Gasteiger partial charge < -0.3 is 20.5 Å². The average Bonchev–Trinajstić information content (AvgIpc) is 3.02. The molecule has 0 atom stereocenters. The number of benzene rings is 1. The molecule has 0 fully saturated rings. The van der Waals surface area contributed by atoms with Crippen LogP contribution in [0.25, 0.3) is 0 Å². The van der Waals surface area contributed by atoms with Gasteiger partial charge in [0.25, 0.3) is 0 Å². The number of thiophene rings is 1. The van der Waals surface area contributed by atoms with Gasteiger partial charge in [-0.2, -0.15) is 0 Å². The Bertz CT molecular complexity index is 585. The minimum atomic E-state index is 0.100. The summed E-state index contributed by atoms with van der Waals surface area (Å²) >= 11 is 1.53. The molecule has 4 N–H and O–H groups in total. The highest BCUT2D eigenvalue weighted by Crippen LogP contribution is 2.23. The van der Waals surface area contributed by atoms with E-state index in [2.05, 4.69) is 10.6 Å². The molecule has 1 aromatic carbocycles. The third-order valence-electron chi connectivity index (χ3n) is 2.92. The lowest BCUT2D eigenvalue weighted by atomic mass is 10.1. The molecule has 112 valence electrons. The van der Waals surface area contributed by atoms with Crippen LogP contribution in [0.15, 0.2) is 35.7 Å². The summed E-state index contributed by atoms with van der Waals surface area (Å²) in [6.45, 7) is 1.24. The van der Waals surface area contributed by atoms with Crippen molar-refractivity contribution in [3.63, 3.8) is 0 Å². The first-order chi connectivity index (χ1) is 10.2. The van der Waals surface area contributed by atoms with Crippen molar-refractivity contribution in [2.75, 3.05) is 25.6 Å². The van der Waals surface area contributed by atoms with Gasteiger partial charge in [-0.1, -0.05) is 6.07 Å². The van der Waals surface area contributed by atoms with E-state index in [1.54, 1.807) is 7.11 Å². The van der Waals surface area contributed by atoms with Crippen LogP contribution in [0.3, 0.4) is 0 Å². The lowest BCUT2D eigenvalue weighted by Crippen LogP contribution is -2.18. The summed E-state index contributed by atoms with van der Waals surface area (Å²) in [6.07, 6.45) is 0. The Morgan fingerprint density at radius 2 is 2.24 bits per heavy atom. The number of rotatable bonds is 7. The van der Waals surface area contributed by atoms with Crippen LogP contribution in [0, 0.1) is 5.41 Å². The SMILES string of the molecule is COc1ccc(NC(=N)c2cccs2)cc1CNCCO. The van der Waals surface area contributed by atoms with Crippen LogP contribution in [0.1, 0.15) is 10.4 Å². The highest BCUT2D eigenvalue weighted by Gasteiger charge is 2.07. The summed E-state index contributed by atoms with van der Waals surface area (Å²) in [4.78, 5) is 0.894. The maximum absolute atomic E-state index is 8.82. The molecular formula is C15H19N3O2S. The minimum Gasteiger partial charge on any atom is -0.496 e. The van der Waals surface area contributed by atoms with Crippen LogP contribution in [-0.2, 0) is 6.54 Å². The second-order valence-electron chi connectivity index (χ2n) is 4.40. The number of hydrogen-bond donors (Lipinski definition) is 4. The van der Waals surface area contributed by atoms with E-state index in [0.29, 0.717) is 18.9 Å². The van der Waals surface area contributed by atoms with E-state index in [1.807, 2.05) is 35.7 Å². The van der Waals surface area contributed by atoms with Crippen LogP contribution in [0.5, 0.6) is 5.75 Å². The van der Waals surface area contributed by atoms with Gasteiger partial charge in [0.1, 0.15) is 11.6 Å². The van der Waals surface area contributed by atoms with Gasteiger partial charge in [0.15, 0.2) is 0 Å². The molecule has 1 aromatic heterocycles. The standard InChI is InChI=1S/C15H19N3O2S/c1-20-13-5-4-12(9-11(13)10-17-6-7-19)18-15(16)14-3-2-8-21-14/h2-5,8-9,17,19H,6-7,10H2,1H3,(H2,16,18). The van der Waals surface area contributed by atoms with E-state index in [9.17, 15) is 0 Å². The number of methoxy groups -OCH3 is 1. The van der Waals surface area contributed by atoms with Gasteiger partial charge in [-0.15, -0.1) is 11.3 Å². The minimum absolute atomic E-state index is 0.100. The van der Waals surface area contributed by atoms with Crippen LogP contribution in [-0.4, -0.2) is 31.2 Å².